The van der Waals surface area contributed by atoms with Crippen LogP contribution in [0.2, 0.25) is 5.15 Å². The minimum Gasteiger partial charge on any atom is -0.243 e. The molecule has 1 aromatic rings. The Hall–Kier alpha value is -0.790. The molecule has 0 aliphatic carbocycles. The first-order chi connectivity index (χ1) is 7.35. The van der Waals surface area contributed by atoms with Gasteiger partial charge < -0.3 is 0 Å². The predicted octanol–water partition coefficient (Wildman–Crippen LogP) is 1.62. The Bertz CT molecular complexity index is 467. The van der Waals surface area contributed by atoms with Crippen LogP contribution in [0.5, 0.6) is 0 Å². The van der Waals surface area contributed by atoms with Crippen molar-refractivity contribution in [2.75, 3.05) is 13.6 Å². The van der Waals surface area contributed by atoms with E-state index >= 15 is 0 Å². The van der Waals surface area contributed by atoms with Crippen molar-refractivity contribution in [3.8, 4) is 0 Å². The molecule has 4 nitrogen and oxygen atoms in total. The Morgan fingerprint density at radius 3 is 2.69 bits per heavy atom. The van der Waals surface area contributed by atoms with Crippen LogP contribution in [0, 0.1) is 0 Å². The Morgan fingerprint density at radius 1 is 1.56 bits per heavy atom. The molecule has 16 heavy (non-hydrogen) atoms. The molecule has 1 heterocycles. The standard InChI is InChI=1S/C8H9ClF2N2O2S/c1-13(5-7(10)11)16(14,15)6-3-2-4-12-8(6)9/h2-4,7H,5H2,1H3. The maximum Gasteiger partial charge on any atom is 0.252 e. The molecule has 0 N–H and O–H groups in total. The fraction of sp³-hybridized carbons (Fsp3) is 0.375. The summed E-state index contributed by atoms with van der Waals surface area (Å²) in [6.07, 6.45) is -1.43. The van der Waals surface area contributed by atoms with Crippen LogP contribution < -0.4 is 0 Å². The molecule has 0 aromatic carbocycles. The largest absolute Gasteiger partial charge is 0.252 e. The molecular weight excluding hydrogens is 262 g/mol. The number of hydrogen-bond acceptors (Lipinski definition) is 3. The molecular formula is C8H9ClF2N2O2S. The summed E-state index contributed by atoms with van der Waals surface area (Å²) in [5, 5.41) is -0.233. The van der Waals surface area contributed by atoms with E-state index in [-0.39, 0.29) is 10.0 Å². The van der Waals surface area contributed by atoms with Crippen molar-refractivity contribution in [2.45, 2.75) is 11.3 Å². The van der Waals surface area contributed by atoms with Crippen molar-refractivity contribution in [1.29, 1.82) is 0 Å². The van der Waals surface area contributed by atoms with Gasteiger partial charge in [0.05, 0.1) is 6.54 Å². The zero-order valence-electron chi connectivity index (χ0n) is 8.27. The van der Waals surface area contributed by atoms with Gasteiger partial charge in [0.1, 0.15) is 10.0 Å². The third-order valence-corrected chi connectivity index (χ3v) is 4.08. The lowest BCUT2D eigenvalue weighted by atomic mass is 10.5. The third kappa shape index (κ3) is 2.87. The maximum atomic E-state index is 12.1. The fourth-order valence-corrected chi connectivity index (χ4v) is 2.60. The molecule has 0 atom stereocenters. The molecule has 0 fully saturated rings. The summed E-state index contributed by atoms with van der Waals surface area (Å²) in [5.41, 5.74) is 0. The summed E-state index contributed by atoms with van der Waals surface area (Å²) in [6, 6.07) is 2.58. The van der Waals surface area contributed by atoms with E-state index < -0.39 is 23.0 Å². The quantitative estimate of drug-likeness (QED) is 0.781. The zero-order valence-corrected chi connectivity index (χ0v) is 9.84. The number of alkyl halides is 2. The maximum absolute atomic E-state index is 12.1. The molecule has 8 heteroatoms. The lowest BCUT2D eigenvalue weighted by Gasteiger charge is -2.16. The molecule has 0 amide bonds. The van der Waals surface area contributed by atoms with Gasteiger partial charge in [0.15, 0.2) is 0 Å². The number of rotatable bonds is 4. The molecule has 90 valence electrons. The van der Waals surface area contributed by atoms with Gasteiger partial charge in [-0.15, -0.1) is 0 Å². The van der Waals surface area contributed by atoms with Gasteiger partial charge in [-0.3, -0.25) is 0 Å². The summed E-state index contributed by atoms with van der Waals surface area (Å²) in [4.78, 5) is 3.30. The molecule has 0 unspecified atom stereocenters. The summed E-state index contributed by atoms with van der Waals surface area (Å²) < 4.78 is 48.2. The molecule has 0 saturated heterocycles. The summed E-state index contributed by atoms with van der Waals surface area (Å²) in [7, 11) is -2.95. The summed E-state index contributed by atoms with van der Waals surface area (Å²) in [5.74, 6) is 0. The molecule has 0 bridgehead atoms. The van der Waals surface area contributed by atoms with Crippen LogP contribution in [0.15, 0.2) is 23.2 Å². The van der Waals surface area contributed by atoms with Crippen LogP contribution in [0.25, 0.3) is 0 Å². The van der Waals surface area contributed by atoms with Crippen LogP contribution in [0.4, 0.5) is 8.78 Å². The zero-order chi connectivity index (χ0) is 12.3. The highest BCUT2D eigenvalue weighted by molar-refractivity contribution is 7.89. The first-order valence-electron chi connectivity index (χ1n) is 4.20. The Kier molecular flexibility index (Phi) is 4.17. The highest BCUT2D eigenvalue weighted by atomic mass is 35.5. The van der Waals surface area contributed by atoms with E-state index in [0.29, 0.717) is 4.31 Å². The monoisotopic (exact) mass is 270 g/mol. The first kappa shape index (κ1) is 13.3. The molecule has 0 saturated carbocycles. The summed E-state index contributed by atoms with van der Waals surface area (Å²) in [6.45, 7) is -0.881. The van der Waals surface area contributed by atoms with Crippen LogP contribution in [-0.4, -0.2) is 37.7 Å². The van der Waals surface area contributed by atoms with E-state index in [1.54, 1.807) is 0 Å². The van der Waals surface area contributed by atoms with Crippen molar-refractivity contribution in [1.82, 2.24) is 9.29 Å². The van der Waals surface area contributed by atoms with Crippen molar-refractivity contribution in [2.24, 2.45) is 0 Å². The smallest absolute Gasteiger partial charge is 0.243 e. The highest BCUT2D eigenvalue weighted by Crippen LogP contribution is 2.21. The SMILES string of the molecule is CN(CC(F)F)S(=O)(=O)c1cccnc1Cl. The Balaban J connectivity index is 3.08. The third-order valence-electron chi connectivity index (χ3n) is 1.81. The number of hydrogen-bond donors (Lipinski definition) is 0. The Labute approximate surface area is 96.9 Å². The summed E-state index contributed by atoms with van der Waals surface area (Å²) >= 11 is 5.58. The second-order valence-corrected chi connectivity index (χ2v) is 5.34. The average Bonchev–Trinajstić information content (AvgIpc) is 2.16. The molecule has 0 spiro atoms. The molecule has 0 aliphatic rings. The minimum absolute atomic E-state index is 0.233. The fourth-order valence-electron chi connectivity index (χ4n) is 1.02. The van der Waals surface area contributed by atoms with Crippen LogP contribution in [-0.2, 0) is 10.0 Å². The molecule has 1 aromatic heterocycles. The van der Waals surface area contributed by atoms with E-state index in [4.69, 9.17) is 11.6 Å². The number of sulfonamides is 1. The molecule has 0 aliphatic heterocycles. The predicted molar refractivity (Wildman–Crippen MR) is 55.1 cm³/mol. The lowest BCUT2D eigenvalue weighted by molar-refractivity contribution is 0.126. The first-order valence-corrected chi connectivity index (χ1v) is 6.02. The van der Waals surface area contributed by atoms with Crippen LogP contribution in [0.1, 0.15) is 0 Å². The number of pyridine rings is 1. The van der Waals surface area contributed by atoms with Gasteiger partial charge >= 0.3 is 0 Å². The van der Waals surface area contributed by atoms with E-state index in [1.165, 1.54) is 18.3 Å². The van der Waals surface area contributed by atoms with E-state index in [0.717, 1.165) is 7.05 Å². The number of halogens is 3. The average molecular weight is 271 g/mol. The Morgan fingerprint density at radius 2 is 2.19 bits per heavy atom. The van der Waals surface area contributed by atoms with Crippen LogP contribution >= 0.6 is 11.6 Å². The van der Waals surface area contributed by atoms with Gasteiger partial charge in [-0.2, -0.15) is 4.31 Å². The van der Waals surface area contributed by atoms with Gasteiger partial charge in [0.2, 0.25) is 10.0 Å². The van der Waals surface area contributed by atoms with Crippen molar-refractivity contribution in [3.05, 3.63) is 23.5 Å². The van der Waals surface area contributed by atoms with E-state index in [9.17, 15) is 17.2 Å². The number of aromatic nitrogens is 1. The van der Waals surface area contributed by atoms with E-state index in [2.05, 4.69) is 4.98 Å². The topological polar surface area (TPSA) is 50.3 Å². The van der Waals surface area contributed by atoms with Gasteiger partial charge in [-0.25, -0.2) is 22.2 Å². The molecule has 1 rings (SSSR count). The lowest BCUT2D eigenvalue weighted by Crippen LogP contribution is -2.31. The second-order valence-electron chi connectivity index (χ2n) is 2.97. The van der Waals surface area contributed by atoms with Crippen molar-refractivity contribution >= 4 is 21.6 Å². The number of nitrogens with zero attached hydrogens (tertiary/aromatic N) is 2. The van der Waals surface area contributed by atoms with Gasteiger partial charge in [0, 0.05) is 13.2 Å². The van der Waals surface area contributed by atoms with Gasteiger partial charge in [-0.05, 0) is 12.1 Å². The van der Waals surface area contributed by atoms with Gasteiger partial charge in [0.25, 0.3) is 6.43 Å². The second kappa shape index (κ2) is 5.03. The van der Waals surface area contributed by atoms with E-state index in [1.807, 2.05) is 0 Å². The van der Waals surface area contributed by atoms with Gasteiger partial charge in [-0.1, -0.05) is 11.6 Å². The molecule has 0 radical (unpaired) electrons. The van der Waals surface area contributed by atoms with Crippen molar-refractivity contribution in [3.63, 3.8) is 0 Å². The van der Waals surface area contributed by atoms with Crippen LogP contribution in [0.3, 0.4) is 0 Å². The normalized spacial score (nSPS) is 12.4. The highest BCUT2D eigenvalue weighted by Gasteiger charge is 2.26. The minimum atomic E-state index is -4.01. The van der Waals surface area contributed by atoms with Crippen molar-refractivity contribution < 1.29 is 17.2 Å².